The standard InChI is InChI=1S/C13H12N2O6/c16-12(15-3-5-20-11(7-15)13(17)18)8-6-10(21-14-8)9-2-1-4-19-9/h1-2,4,6,11H,3,5,7H2,(H,17,18)/t11-/m1/s1. The van der Waals surface area contributed by atoms with Gasteiger partial charge in [-0.1, -0.05) is 5.16 Å². The normalized spacial score (nSPS) is 18.7. The third kappa shape index (κ3) is 2.65. The Balaban J connectivity index is 1.74. The SMILES string of the molecule is O=C(O)[C@H]1CN(C(=O)c2cc(-c3ccco3)on2)CCO1. The van der Waals surface area contributed by atoms with Crippen LogP contribution in [0, 0.1) is 0 Å². The van der Waals surface area contributed by atoms with Gasteiger partial charge in [0.1, 0.15) is 0 Å². The van der Waals surface area contributed by atoms with E-state index in [0.29, 0.717) is 18.1 Å². The summed E-state index contributed by atoms with van der Waals surface area (Å²) in [7, 11) is 0. The van der Waals surface area contributed by atoms with E-state index in [0.717, 1.165) is 0 Å². The van der Waals surface area contributed by atoms with Crippen molar-refractivity contribution in [2.75, 3.05) is 19.7 Å². The molecule has 0 spiro atoms. The molecule has 1 aliphatic rings. The first-order valence-corrected chi connectivity index (χ1v) is 6.29. The zero-order valence-electron chi connectivity index (χ0n) is 10.9. The van der Waals surface area contributed by atoms with Gasteiger partial charge in [-0.15, -0.1) is 0 Å². The van der Waals surface area contributed by atoms with E-state index in [1.165, 1.54) is 17.2 Å². The highest BCUT2D eigenvalue weighted by Gasteiger charge is 2.30. The zero-order chi connectivity index (χ0) is 14.8. The van der Waals surface area contributed by atoms with Crippen LogP contribution in [-0.2, 0) is 9.53 Å². The summed E-state index contributed by atoms with van der Waals surface area (Å²) >= 11 is 0. The lowest BCUT2D eigenvalue weighted by Gasteiger charge is -2.30. The van der Waals surface area contributed by atoms with Crippen molar-refractivity contribution in [1.29, 1.82) is 0 Å². The summed E-state index contributed by atoms with van der Waals surface area (Å²) in [5.41, 5.74) is 0.104. The van der Waals surface area contributed by atoms with Crippen molar-refractivity contribution in [3.8, 4) is 11.5 Å². The van der Waals surface area contributed by atoms with Crippen molar-refractivity contribution in [1.82, 2.24) is 10.1 Å². The predicted molar refractivity (Wildman–Crippen MR) is 67.5 cm³/mol. The molecule has 8 heteroatoms. The van der Waals surface area contributed by atoms with Crippen LogP contribution in [-0.4, -0.2) is 52.8 Å². The first-order chi connectivity index (χ1) is 10.1. The van der Waals surface area contributed by atoms with Gasteiger partial charge in [-0.2, -0.15) is 0 Å². The second-order valence-corrected chi connectivity index (χ2v) is 4.50. The third-order valence-electron chi connectivity index (χ3n) is 3.12. The number of nitrogens with zero attached hydrogens (tertiary/aromatic N) is 2. The summed E-state index contributed by atoms with van der Waals surface area (Å²) in [4.78, 5) is 24.6. The molecule has 0 bridgehead atoms. The highest BCUT2D eigenvalue weighted by atomic mass is 16.5. The van der Waals surface area contributed by atoms with Crippen molar-refractivity contribution >= 4 is 11.9 Å². The Morgan fingerprint density at radius 2 is 2.24 bits per heavy atom. The molecular formula is C13H12N2O6. The van der Waals surface area contributed by atoms with Crippen molar-refractivity contribution < 1.29 is 28.4 Å². The Labute approximate surface area is 118 Å². The summed E-state index contributed by atoms with van der Waals surface area (Å²) in [6.45, 7) is 0.467. The fourth-order valence-corrected chi connectivity index (χ4v) is 2.06. The number of furan rings is 1. The van der Waals surface area contributed by atoms with Crippen molar-refractivity contribution in [3.63, 3.8) is 0 Å². The van der Waals surface area contributed by atoms with Crippen LogP contribution in [0.25, 0.3) is 11.5 Å². The predicted octanol–water partition coefficient (Wildman–Crippen LogP) is 0.860. The summed E-state index contributed by atoms with van der Waals surface area (Å²) in [5.74, 6) is -0.687. The minimum Gasteiger partial charge on any atom is -0.479 e. The van der Waals surface area contributed by atoms with Crippen LogP contribution in [0.4, 0.5) is 0 Å². The number of rotatable bonds is 3. The number of hydrogen-bond donors (Lipinski definition) is 1. The molecule has 1 atom stereocenters. The molecule has 0 aliphatic carbocycles. The lowest BCUT2D eigenvalue weighted by atomic mass is 10.2. The topological polar surface area (TPSA) is 106 Å². The van der Waals surface area contributed by atoms with Gasteiger partial charge in [-0.05, 0) is 12.1 Å². The molecule has 3 heterocycles. The smallest absolute Gasteiger partial charge is 0.334 e. The monoisotopic (exact) mass is 292 g/mol. The van der Waals surface area contributed by atoms with Gasteiger partial charge < -0.3 is 23.7 Å². The average molecular weight is 292 g/mol. The van der Waals surface area contributed by atoms with Crippen LogP contribution in [0.3, 0.4) is 0 Å². The van der Waals surface area contributed by atoms with Crippen LogP contribution in [0.5, 0.6) is 0 Å². The van der Waals surface area contributed by atoms with Gasteiger partial charge in [-0.3, -0.25) is 4.79 Å². The highest BCUT2D eigenvalue weighted by molar-refractivity contribution is 5.93. The van der Waals surface area contributed by atoms with E-state index >= 15 is 0 Å². The van der Waals surface area contributed by atoms with Crippen LogP contribution in [0.15, 0.2) is 33.4 Å². The van der Waals surface area contributed by atoms with Gasteiger partial charge in [0.2, 0.25) is 5.76 Å². The van der Waals surface area contributed by atoms with Crippen LogP contribution >= 0.6 is 0 Å². The van der Waals surface area contributed by atoms with Gasteiger partial charge in [0.15, 0.2) is 17.6 Å². The Kier molecular flexibility index (Phi) is 3.44. The Hall–Kier alpha value is -2.61. The lowest BCUT2D eigenvalue weighted by Crippen LogP contribution is -2.48. The Bertz CT molecular complexity index is 647. The fraction of sp³-hybridized carbons (Fsp3) is 0.308. The maximum absolute atomic E-state index is 12.3. The number of hydrogen-bond acceptors (Lipinski definition) is 6. The maximum atomic E-state index is 12.3. The molecule has 0 radical (unpaired) electrons. The number of carboxylic acids is 1. The first kappa shape index (κ1) is 13.4. The highest BCUT2D eigenvalue weighted by Crippen LogP contribution is 2.21. The number of morpholine rings is 1. The number of amides is 1. The van der Waals surface area contributed by atoms with E-state index in [9.17, 15) is 9.59 Å². The quantitative estimate of drug-likeness (QED) is 0.894. The minimum absolute atomic E-state index is 0.0168. The largest absolute Gasteiger partial charge is 0.479 e. The number of carboxylic acid groups (broad SMARTS) is 1. The summed E-state index contributed by atoms with van der Waals surface area (Å²) < 4.78 is 15.3. The second-order valence-electron chi connectivity index (χ2n) is 4.50. The average Bonchev–Trinajstić information content (AvgIpc) is 3.17. The van der Waals surface area contributed by atoms with E-state index in [-0.39, 0.29) is 18.8 Å². The zero-order valence-corrected chi connectivity index (χ0v) is 10.9. The first-order valence-electron chi connectivity index (χ1n) is 6.29. The molecule has 1 aliphatic heterocycles. The molecule has 1 N–H and O–H groups in total. The molecule has 0 unspecified atom stereocenters. The maximum Gasteiger partial charge on any atom is 0.334 e. The number of aliphatic carboxylic acids is 1. The molecule has 21 heavy (non-hydrogen) atoms. The third-order valence-corrected chi connectivity index (χ3v) is 3.12. The van der Waals surface area contributed by atoms with Gasteiger partial charge in [0.25, 0.3) is 5.91 Å². The van der Waals surface area contributed by atoms with E-state index < -0.39 is 18.0 Å². The number of carbonyl (C=O) groups excluding carboxylic acids is 1. The van der Waals surface area contributed by atoms with Gasteiger partial charge in [0, 0.05) is 12.6 Å². The summed E-state index contributed by atoms with van der Waals surface area (Å²) in [6, 6.07) is 4.84. The molecular weight excluding hydrogens is 280 g/mol. The van der Waals surface area contributed by atoms with E-state index in [2.05, 4.69) is 5.16 Å². The number of ether oxygens (including phenoxy) is 1. The lowest BCUT2D eigenvalue weighted by molar-refractivity contribution is -0.154. The molecule has 1 saturated heterocycles. The van der Waals surface area contributed by atoms with E-state index in [1.54, 1.807) is 12.1 Å². The minimum atomic E-state index is -1.09. The molecule has 1 amide bonds. The molecule has 0 saturated carbocycles. The van der Waals surface area contributed by atoms with Gasteiger partial charge >= 0.3 is 5.97 Å². The van der Waals surface area contributed by atoms with Gasteiger partial charge in [0.05, 0.1) is 19.4 Å². The number of carbonyl (C=O) groups is 2. The summed E-state index contributed by atoms with van der Waals surface area (Å²) in [6.07, 6.45) is 0.470. The van der Waals surface area contributed by atoms with Crippen molar-refractivity contribution in [2.24, 2.45) is 0 Å². The van der Waals surface area contributed by atoms with Crippen LogP contribution in [0.1, 0.15) is 10.5 Å². The van der Waals surface area contributed by atoms with Crippen LogP contribution in [0.2, 0.25) is 0 Å². The molecule has 8 nitrogen and oxygen atoms in total. The van der Waals surface area contributed by atoms with Gasteiger partial charge in [-0.25, -0.2) is 4.79 Å². The van der Waals surface area contributed by atoms with Crippen molar-refractivity contribution in [3.05, 3.63) is 30.2 Å². The molecule has 2 aromatic heterocycles. The molecule has 110 valence electrons. The molecule has 2 aromatic rings. The molecule has 1 fully saturated rings. The van der Waals surface area contributed by atoms with Crippen molar-refractivity contribution in [2.45, 2.75) is 6.10 Å². The van der Waals surface area contributed by atoms with E-state index in [4.69, 9.17) is 18.8 Å². The molecule has 3 rings (SSSR count). The summed E-state index contributed by atoms with van der Waals surface area (Å²) in [5, 5.41) is 12.6. The van der Waals surface area contributed by atoms with E-state index in [1.807, 2.05) is 0 Å². The second kappa shape index (κ2) is 5.41. The fourth-order valence-electron chi connectivity index (χ4n) is 2.06. The Morgan fingerprint density at radius 3 is 2.95 bits per heavy atom. The van der Waals surface area contributed by atoms with Crippen LogP contribution < -0.4 is 0 Å². The number of aromatic nitrogens is 1. The Morgan fingerprint density at radius 1 is 1.38 bits per heavy atom. The molecule has 0 aromatic carbocycles.